The number of nitrogens with one attached hydrogen (secondary N) is 2. The lowest BCUT2D eigenvalue weighted by Crippen LogP contribution is -2.23. The molecule has 0 saturated carbocycles. The first kappa shape index (κ1) is 17.8. The van der Waals surface area contributed by atoms with Gasteiger partial charge < -0.3 is 20.0 Å². The number of ether oxygens (including phenoxy) is 1. The number of rotatable bonds is 4. The highest BCUT2D eigenvalue weighted by Gasteiger charge is 2.23. The van der Waals surface area contributed by atoms with E-state index in [9.17, 15) is 0 Å². The summed E-state index contributed by atoms with van der Waals surface area (Å²) in [7, 11) is 0. The molecule has 0 radical (unpaired) electrons. The molecule has 29 heavy (non-hydrogen) atoms. The van der Waals surface area contributed by atoms with Crippen LogP contribution in [0.1, 0.15) is 24.7 Å². The number of hydrogen-bond donors (Lipinski definition) is 2. The van der Waals surface area contributed by atoms with Crippen LogP contribution in [0.5, 0.6) is 0 Å². The second-order valence-corrected chi connectivity index (χ2v) is 7.36. The summed E-state index contributed by atoms with van der Waals surface area (Å²) in [6, 6.07) is 8.61. The molecular weight excluding hydrogens is 362 g/mol. The van der Waals surface area contributed by atoms with Gasteiger partial charge in [0.25, 0.3) is 0 Å². The molecule has 1 aliphatic carbocycles. The maximum absolute atomic E-state index is 8.02. The molecule has 6 nitrogen and oxygen atoms in total. The van der Waals surface area contributed by atoms with E-state index in [2.05, 4.69) is 27.0 Å². The Morgan fingerprint density at radius 2 is 1.97 bits per heavy atom. The average molecular weight is 385 g/mol. The van der Waals surface area contributed by atoms with E-state index in [4.69, 9.17) is 15.1 Å². The molecule has 2 aliphatic rings. The van der Waals surface area contributed by atoms with Crippen LogP contribution >= 0.6 is 0 Å². The fourth-order valence-electron chi connectivity index (χ4n) is 4.11. The smallest absolute Gasteiger partial charge is 0.129 e. The van der Waals surface area contributed by atoms with Crippen LogP contribution in [-0.4, -0.2) is 33.5 Å². The predicted molar refractivity (Wildman–Crippen MR) is 115 cm³/mol. The number of hydrogen-bond acceptors (Lipinski definition) is 5. The Kier molecular flexibility index (Phi) is 4.69. The van der Waals surface area contributed by atoms with Crippen LogP contribution in [0.15, 0.2) is 66.5 Å². The molecule has 0 unspecified atom stereocenters. The van der Waals surface area contributed by atoms with Crippen LogP contribution in [0.3, 0.4) is 0 Å². The zero-order valence-corrected chi connectivity index (χ0v) is 16.1. The molecule has 0 bridgehead atoms. The zero-order valence-electron chi connectivity index (χ0n) is 16.1. The maximum atomic E-state index is 8.02. The first-order chi connectivity index (χ1) is 14.3. The number of aromatic nitrogens is 3. The SMILES string of the molecule is N=C1C=CC=C/C1=C/NCc1nc2cnc3ccccc3c2n1C1CCOCC1. The van der Waals surface area contributed by atoms with Crippen molar-refractivity contribution in [1.29, 1.82) is 5.41 Å². The fraction of sp³-hybridized carbons (Fsp3) is 0.261. The molecule has 2 N–H and O–H groups in total. The highest BCUT2D eigenvalue weighted by molar-refractivity contribution is 6.09. The topological polar surface area (TPSA) is 75.8 Å². The molecule has 6 heteroatoms. The minimum absolute atomic E-state index is 0.361. The minimum Gasteiger partial charge on any atom is -0.383 e. The summed E-state index contributed by atoms with van der Waals surface area (Å²) < 4.78 is 7.98. The predicted octanol–water partition coefficient (Wildman–Crippen LogP) is 4.06. The Bertz CT molecular complexity index is 1160. The first-order valence-corrected chi connectivity index (χ1v) is 10.0. The Balaban J connectivity index is 1.56. The summed E-state index contributed by atoms with van der Waals surface area (Å²) >= 11 is 0. The summed E-state index contributed by atoms with van der Waals surface area (Å²) in [4.78, 5) is 9.52. The molecule has 1 saturated heterocycles. The summed E-state index contributed by atoms with van der Waals surface area (Å²) in [6.45, 7) is 2.14. The van der Waals surface area contributed by atoms with Gasteiger partial charge in [-0.2, -0.15) is 0 Å². The summed E-state index contributed by atoms with van der Waals surface area (Å²) in [6.07, 6.45) is 13.3. The molecule has 1 fully saturated rings. The lowest BCUT2D eigenvalue weighted by atomic mass is 10.1. The fourth-order valence-corrected chi connectivity index (χ4v) is 4.11. The number of fused-ring (bicyclic) bond motifs is 3. The second kappa shape index (κ2) is 7.64. The van der Waals surface area contributed by atoms with Crippen molar-refractivity contribution < 1.29 is 4.74 Å². The Morgan fingerprint density at radius 1 is 1.14 bits per heavy atom. The number of benzene rings is 1. The third-order valence-corrected chi connectivity index (χ3v) is 5.53. The zero-order chi connectivity index (χ0) is 19.6. The van der Waals surface area contributed by atoms with Gasteiger partial charge in [-0.25, -0.2) is 4.98 Å². The Labute approximate surface area is 169 Å². The van der Waals surface area contributed by atoms with Crippen molar-refractivity contribution in [2.45, 2.75) is 25.4 Å². The standard InChI is InChI=1S/C23H23N5O/c24-19-7-3-1-5-16(19)13-25-15-22-27-21-14-26-20-8-4-2-6-18(20)23(21)28(22)17-9-11-29-12-10-17/h1-8,13-14,17,24-25H,9-12,15H2/b16-13-,24-19?. The molecule has 0 amide bonds. The van der Waals surface area contributed by atoms with Gasteiger partial charge in [-0.3, -0.25) is 4.98 Å². The number of pyridine rings is 1. The maximum Gasteiger partial charge on any atom is 0.129 e. The summed E-state index contributed by atoms with van der Waals surface area (Å²) in [5, 5.41) is 12.5. The minimum atomic E-state index is 0.361. The van der Waals surface area contributed by atoms with E-state index in [0.29, 0.717) is 18.3 Å². The van der Waals surface area contributed by atoms with Gasteiger partial charge in [0.05, 0.1) is 29.5 Å². The molecule has 1 aliphatic heterocycles. The third kappa shape index (κ3) is 3.36. The van der Waals surface area contributed by atoms with Crippen LogP contribution < -0.4 is 5.32 Å². The normalized spacial score (nSPS) is 18.9. The van der Waals surface area contributed by atoms with E-state index in [1.807, 2.05) is 42.8 Å². The molecule has 0 spiro atoms. The van der Waals surface area contributed by atoms with Gasteiger partial charge in [-0.15, -0.1) is 0 Å². The van der Waals surface area contributed by atoms with Gasteiger partial charge in [0.2, 0.25) is 0 Å². The Morgan fingerprint density at radius 3 is 2.83 bits per heavy atom. The molecule has 0 atom stereocenters. The quantitative estimate of drug-likeness (QED) is 0.710. The van der Waals surface area contributed by atoms with E-state index >= 15 is 0 Å². The molecule has 3 heterocycles. The van der Waals surface area contributed by atoms with E-state index in [1.165, 1.54) is 0 Å². The molecule has 1 aromatic carbocycles. The van der Waals surface area contributed by atoms with Crippen molar-refractivity contribution in [3.63, 3.8) is 0 Å². The molecular formula is C23H23N5O. The molecule has 5 rings (SSSR count). The van der Waals surface area contributed by atoms with Crippen molar-refractivity contribution in [3.05, 3.63) is 72.4 Å². The van der Waals surface area contributed by atoms with Gasteiger partial charge in [0, 0.05) is 36.4 Å². The van der Waals surface area contributed by atoms with Gasteiger partial charge in [-0.1, -0.05) is 36.4 Å². The van der Waals surface area contributed by atoms with Crippen LogP contribution in [0.2, 0.25) is 0 Å². The van der Waals surface area contributed by atoms with Crippen molar-refractivity contribution >= 4 is 27.6 Å². The van der Waals surface area contributed by atoms with E-state index in [1.54, 1.807) is 6.08 Å². The van der Waals surface area contributed by atoms with Crippen LogP contribution in [0, 0.1) is 5.41 Å². The van der Waals surface area contributed by atoms with Crippen molar-refractivity contribution in [1.82, 2.24) is 19.9 Å². The van der Waals surface area contributed by atoms with Gasteiger partial charge in [0.15, 0.2) is 0 Å². The Hall–Kier alpha value is -3.25. The van der Waals surface area contributed by atoms with Gasteiger partial charge in [0.1, 0.15) is 11.3 Å². The van der Waals surface area contributed by atoms with E-state index in [-0.39, 0.29) is 0 Å². The highest BCUT2D eigenvalue weighted by atomic mass is 16.5. The highest BCUT2D eigenvalue weighted by Crippen LogP contribution is 2.31. The van der Waals surface area contributed by atoms with E-state index in [0.717, 1.165) is 59.4 Å². The monoisotopic (exact) mass is 385 g/mol. The molecule has 146 valence electrons. The number of imidazole rings is 1. The van der Waals surface area contributed by atoms with Crippen LogP contribution in [0.4, 0.5) is 0 Å². The van der Waals surface area contributed by atoms with Gasteiger partial charge in [-0.05, 0) is 25.0 Å². The van der Waals surface area contributed by atoms with Crippen molar-refractivity contribution in [2.75, 3.05) is 13.2 Å². The van der Waals surface area contributed by atoms with Crippen LogP contribution in [0.25, 0.3) is 21.9 Å². The van der Waals surface area contributed by atoms with Crippen molar-refractivity contribution in [3.8, 4) is 0 Å². The van der Waals surface area contributed by atoms with Gasteiger partial charge >= 0.3 is 0 Å². The van der Waals surface area contributed by atoms with Crippen LogP contribution in [-0.2, 0) is 11.3 Å². The molecule has 3 aromatic rings. The largest absolute Gasteiger partial charge is 0.383 e. The van der Waals surface area contributed by atoms with E-state index < -0.39 is 0 Å². The number of allylic oxidation sites excluding steroid dienone is 5. The summed E-state index contributed by atoms with van der Waals surface area (Å²) in [5.74, 6) is 0.990. The second-order valence-electron chi connectivity index (χ2n) is 7.36. The first-order valence-electron chi connectivity index (χ1n) is 10.0. The molecule has 2 aromatic heterocycles. The number of nitrogens with zero attached hydrogens (tertiary/aromatic N) is 3. The lowest BCUT2D eigenvalue weighted by molar-refractivity contribution is 0.0698. The van der Waals surface area contributed by atoms with Crippen molar-refractivity contribution in [2.24, 2.45) is 0 Å². The number of para-hydroxylation sites is 1. The average Bonchev–Trinajstić information content (AvgIpc) is 3.14. The lowest BCUT2D eigenvalue weighted by Gasteiger charge is -2.26. The third-order valence-electron chi connectivity index (χ3n) is 5.53. The summed E-state index contributed by atoms with van der Waals surface area (Å²) in [5.41, 5.74) is 4.44.